The fourth-order valence-corrected chi connectivity index (χ4v) is 3.92. The third-order valence-corrected chi connectivity index (χ3v) is 6.31. The van der Waals surface area contributed by atoms with Crippen LogP contribution in [-0.4, -0.2) is 12.6 Å². The summed E-state index contributed by atoms with van der Waals surface area (Å²) in [5.74, 6) is -0.0491. The van der Waals surface area contributed by atoms with Crippen LogP contribution in [0.2, 0.25) is 0 Å². The van der Waals surface area contributed by atoms with Crippen LogP contribution < -0.4 is 0 Å². The minimum Gasteiger partial charge on any atom is -0.461 e. The Labute approximate surface area is 213 Å². The highest BCUT2D eigenvalue weighted by molar-refractivity contribution is 5.69. The van der Waals surface area contributed by atoms with E-state index in [0.717, 1.165) is 44.9 Å². The molecule has 196 valence electrons. The molecule has 0 spiro atoms. The topological polar surface area (TPSA) is 26.3 Å². The predicted octanol–water partition coefficient (Wildman–Crippen LogP) is 10.6. The van der Waals surface area contributed by atoms with E-state index in [1.807, 2.05) is 0 Å². The highest BCUT2D eigenvalue weighted by Crippen LogP contribution is 2.14. The van der Waals surface area contributed by atoms with Gasteiger partial charge in [-0.05, 0) is 85.6 Å². The van der Waals surface area contributed by atoms with Gasteiger partial charge in [0.15, 0.2) is 0 Å². The molecule has 0 atom stereocenters. The Hall–Kier alpha value is -1.57. The summed E-state index contributed by atoms with van der Waals surface area (Å²) in [6, 6.07) is 0. The smallest absolute Gasteiger partial charge is 0.306 e. The summed E-state index contributed by atoms with van der Waals surface area (Å²) >= 11 is 0. The minimum absolute atomic E-state index is 0.0491. The van der Waals surface area contributed by atoms with E-state index in [0.29, 0.717) is 13.0 Å². The van der Waals surface area contributed by atoms with E-state index in [4.69, 9.17) is 4.74 Å². The second-order valence-corrected chi connectivity index (χ2v) is 10.3. The Morgan fingerprint density at radius 2 is 1.00 bits per heavy atom. The molecule has 0 aromatic heterocycles. The molecule has 0 saturated carbocycles. The molecule has 0 aliphatic heterocycles. The fourth-order valence-electron chi connectivity index (χ4n) is 3.92. The van der Waals surface area contributed by atoms with Gasteiger partial charge in [-0.2, -0.15) is 0 Å². The first kappa shape index (κ1) is 32.4. The third-order valence-electron chi connectivity index (χ3n) is 6.31. The number of allylic oxidation sites excluding steroid dienone is 7. The molecule has 0 bridgehead atoms. The zero-order valence-corrected chi connectivity index (χ0v) is 23.6. The first-order valence-electron chi connectivity index (χ1n) is 14.1. The number of carbonyl (C=O) groups excluding carboxylic acids is 1. The Morgan fingerprint density at radius 1 is 0.559 bits per heavy atom. The summed E-state index contributed by atoms with van der Waals surface area (Å²) in [6.45, 7) is 13.6. The Bertz CT molecular complexity index is 629. The Balaban J connectivity index is 3.82. The minimum atomic E-state index is -0.0491. The van der Waals surface area contributed by atoms with Crippen molar-refractivity contribution in [1.82, 2.24) is 0 Å². The molecule has 0 aromatic rings. The van der Waals surface area contributed by atoms with Crippen molar-refractivity contribution < 1.29 is 9.53 Å². The van der Waals surface area contributed by atoms with E-state index in [9.17, 15) is 4.79 Å². The van der Waals surface area contributed by atoms with Gasteiger partial charge in [-0.25, -0.2) is 0 Å². The molecule has 0 heterocycles. The van der Waals surface area contributed by atoms with Crippen molar-refractivity contribution in [3.05, 3.63) is 46.6 Å². The number of hydrogen-bond donors (Lipinski definition) is 0. The van der Waals surface area contributed by atoms with Crippen molar-refractivity contribution in [1.29, 1.82) is 0 Å². The molecule has 0 aromatic carbocycles. The molecule has 34 heavy (non-hydrogen) atoms. The number of unbranched alkanes of at least 4 members (excludes halogenated alkanes) is 8. The second kappa shape index (κ2) is 23.2. The SMILES string of the molecule is CCCCCCCCCCCC(=O)OCC=C(C)CCC=C(C)CCC=C(C)CCC=C(C)C. The van der Waals surface area contributed by atoms with Gasteiger partial charge >= 0.3 is 5.97 Å². The van der Waals surface area contributed by atoms with Crippen LogP contribution in [0.5, 0.6) is 0 Å². The summed E-state index contributed by atoms with van der Waals surface area (Å²) in [5.41, 5.74) is 5.67. The number of carbonyl (C=O) groups is 1. The Kier molecular flexibility index (Phi) is 22.1. The molecule has 0 aliphatic carbocycles. The average molecular weight is 473 g/mol. The van der Waals surface area contributed by atoms with Gasteiger partial charge in [0.2, 0.25) is 0 Å². The largest absolute Gasteiger partial charge is 0.461 e. The van der Waals surface area contributed by atoms with Gasteiger partial charge in [-0.15, -0.1) is 0 Å². The zero-order chi connectivity index (χ0) is 25.4. The maximum Gasteiger partial charge on any atom is 0.306 e. The molecule has 0 amide bonds. The van der Waals surface area contributed by atoms with Crippen LogP contribution in [0.3, 0.4) is 0 Å². The van der Waals surface area contributed by atoms with Crippen molar-refractivity contribution in [3.63, 3.8) is 0 Å². The van der Waals surface area contributed by atoms with Gasteiger partial charge in [0.25, 0.3) is 0 Å². The summed E-state index contributed by atoms with van der Waals surface area (Å²) in [6.07, 6.45) is 27.8. The van der Waals surface area contributed by atoms with Gasteiger partial charge < -0.3 is 4.74 Å². The second-order valence-electron chi connectivity index (χ2n) is 10.3. The first-order valence-corrected chi connectivity index (χ1v) is 14.1. The third kappa shape index (κ3) is 23.6. The fraction of sp³-hybridized carbons (Fsp3) is 0.719. The van der Waals surface area contributed by atoms with Crippen LogP contribution in [0.4, 0.5) is 0 Å². The number of esters is 1. The van der Waals surface area contributed by atoms with Crippen molar-refractivity contribution in [2.24, 2.45) is 0 Å². The molecule has 2 heteroatoms. The maximum absolute atomic E-state index is 11.9. The van der Waals surface area contributed by atoms with E-state index < -0.39 is 0 Å². The predicted molar refractivity (Wildman–Crippen MR) is 151 cm³/mol. The average Bonchev–Trinajstić information content (AvgIpc) is 2.77. The van der Waals surface area contributed by atoms with Gasteiger partial charge in [-0.1, -0.05) is 98.8 Å². The van der Waals surface area contributed by atoms with E-state index in [2.05, 4.69) is 65.8 Å². The molecule has 0 N–H and O–H groups in total. The van der Waals surface area contributed by atoms with E-state index in [-0.39, 0.29) is 5.97 Å². The lowest BCUT2D eigenvalue weighted by atomic mass is 10.0. The quantitative estimate of drug-likeness (QED) is 0.0943. The molecule has 0 radical (unpaired) electrons. The zero-order valence-electron chi connectivity index (χ0n) is 23.6. The molecule has 0 rings (SSSR count). The molecule has 0 unspecified atom stereocenters. The van der Waals surface area contributed by atoms with Crippen molar-refractivity contribution in [3.8, 4) is 0 Å². The van der Waals surface area contributed by atoms with Crippen molar-refractivity contribution >= 4 is 5.97 Å². The highest BCUT2D eigenvalue weighted by Gasteiger charge is 2.02. The molecular weight excluding hydrogens is 416 g/mol. The summed E-state index contributed by atoms with van der Waals surface area (Å²) in [4.78, 5) is 11.9. The molecular formula is C32H56O2. The van der Waals surface area contributed by atoms with Gasteiger partial charge in [0, 0.05) is 6.42 Å². The Morgan fingerprint density at radius 3 is 1.50 bits per heavy atom. The number of hydrogen-bond acceptors (Lipinski definition) is 2. The lowest BCUT2D eigenvalue weighted by molar-refractivity contribution is -0.142. The van der Waals surface area contributed by atoms with Crippen LogP contribution in [0.25, 0.3) is 0 Å². The molecule has 0 fully saturated rings. The van der Waals surface area contributed by atoms with E-state index in [1.165, 1.54) is 73.7 Å². The first-order chi connectivity index (χ1) is 16.3. The van der Waals surface area contributed by atoms with Gasteiger partial charge in [0.1, 0.15) is 6.61 Å². The van der Waals surface area contributed by atoms with Crippen LogP contribution in [0.15, 0.2) is 46.6 Å². The van der Waals surface area contributed by atoms with E-state index >= 15 is 0 Å². The number of rotatable bonds is 21. The number of ether oxygens (including phenoxy) is 1. The summed E-state index contributed by atoms with van der Waals surface area (Å²) < 4.78 is 5.39. The van der Waals surface area contributed by atoms with Crippen LogP contribution in [0, 0.1) is 0 Å². The highest BCUT2D eigenvalue weighted by atomic mass is 16.5. The van der Waals surface area contributed by atoms with Gasteiger partial charge in [0.05, 0.1) is 0 Å². The standard InChI is InChI=1S/C32H56O2/c1-7-8-9-10-11-12-13-14-15-25-32(33)34-27-26-31(6)24-18-23-30(5)22-17-21-29(4)20-16-19-28(2)3/h19,21,23,26H,7-18,20,22,24-25,27H2,1-6H3. The summed E-state index contributed by atoms with van der Waals surface area (Å²) in [5, 5.41) is 0. The monoisotopic (exact) mass is 472 g/mol. The van der Waals surface area contributed by atoms with Crippen LogP contribution in [-0.2, 0) is 9.53 Å². The van der Waals surface area contributed by atoms with Crippen molar-refractivity contribution in [2.75, 3.05) is 6.61 Å². The molecule has 2 nitrogen and oxygen atoms in total. The van der Waals surface area contributed by atoms with Crippen LogP contribution in [0.1, 0.15) is 144 Å². The lowest BCUT2D eigenvalue weighted by Crippen LogP contribution is -2.04. The molecule has 0 aliphatic rings. The molecule has 0 saturated heterocycles. The van der Waals surface area contributed by atoms with Crippen molar-refractivity contribution in [2.45, 2.75) is 144 Å². The maximum atomic E-state index is 11.9. The van der Waals surface area contributed by atoms with Crippen LogP contribution >= 0.6 is 0 Å². The summed E-state index contributed by atoms with van der Waals surface area (Å²) in [7, 11) is 0. The van der Waals surface area contributed by atoms with Gasteiger partial charge in [-0.3, -0.25) is 4.79 Å². The normalized spacial score (nSPS) is 12.7. The van der Waals surface area contributed by atoms with E-state index in [1.54, 1.807) is 0 Å². The lowest BCUT2D eigenvalue weighted by Gasteiger charge is -2.05.